The maximum atomic E-state index is 12.1. The molecule has 0 saturated carbocycles. The van der Waals surface area contributed by atoms with E-state index in [1.54, 1.807) is 11.1 Å². The monoisotopic (exact) mass is 239 g/mol. The van der Waals surface area contributed by atoms with E-state index in [1.165, 1.54) is 6.20 Å². The fourth-order valence-electron chi connectivity index (χ4n) is 2.10. The molecule has 2 N–H and O–H groups in total. The number of carbonyl (C=O) groups is 1. The first-order chi connectivity index (χ1) is 8.02. The summed E-state index contributed by atoms with van der Waals surface area (Å²) in [6.07, 6.45) is 2.74. The van der Waals surface area contributed by atoms with Gasteiger partial charge in [-0.05, 0) is 13.8 Å². The van der Waals surface area contributed by atoms with Crippen LogP contribution in [0.15, 0.2) is 12.4 Å². The first kappa shape index (κ1) is 12.1. The van der Waals surface area contributed by atoms with Crippen LogP contribution in [0, 0.1) is 0 Å². The lowest BCUT2D eigenvalue weighted by Gasteiger charge is -2.42. The number of aromatic amines is 1. The van der Waals surface area contributed by atoms with Gasteiger partial charge in [0.2, 0.25) is 0 Å². The van der Waals surface area contributed by atoms with Crippen molar-refractivity contribution in [3.05, 3.63) is 18.0 Å². The topological polar surface area (TPSA) is 78.5 Å². The molecule has 2 rings (SSSR count). The van der Waals surface area contributed by atoms with Crippen LogP contribution in [0.25, 0.3) is 0 Å². The van der Waals surface area contributed by atoms with Gasteiger partial charge in [0.25, 0.3) is 5.91 Å². The van der Waals surface area contributed by atoms with Crippen LogP contribution in [0.2, 0.25) is 0 Å². The molecule has 1 aromatic heterocycles. The number of amides is 1. The standard InChI is InChI=1S/C11H17N3O3/c1-11(2)7-14(5-9(6-15)17-11)10(16)8-3-12-13-4-8/h3-4,9,15H,5-7H2,1-2H3,(H,12,13). The lowest BCUT2D eigenvalue weighted by molar-refractivity contribution is -0.139. The molecule has 1 aliphatic rings. The number of hydrogen-bond donors (Lipinski definition) is 2. The van der Waals surface area contributed by atoms with Gasteiger partial charge in [-0.1, -0.05) is 0 Å². The molecule has 1 aliphatic heterocycles. The van der Waals surface area contributed by atoms with E-state index in [2.05, 4.69) is 10.2 Å². The van der Waals surface area contributed by atoms with Gasteiger partial charge in [0.05, 0.1) is 30.1 Å². The van der Waals surface area contributed by atoms with Gasteiger partial charge < -0.3 is 14.7 Å². The van der Waals surface area contributed by atoms with Crippen molar-refractivity contribution in [1.82, 2.24) is 15.1 Å². The van der Waals surface area contributed by atoms with Crippen LogP contribution in [0.3, 0.4) is 0 Å². The molecular weight excluding hydrogens is 222 g/mol. The van der Waals surface area contributed by atoms with Gasteiger partial charge in [-0.2, -0.15) is 5.10 Å². The normalized spacial score (nSPS) is 23.7. The lowest BCUT2D eigenvalue weighted by Crippen LogP contribution is -2.55. The number of nitrogens with one attached hydrogen (secondary N) is 1. The maximum absolute atomic E-state index is 12.1. The van der Waals surface area contributed by atoms with Crippen LogP contribution in [-0.2, 0) is 4.74 Å². The van der Waals surface area contributed by atoms with Crippen LogP contribution < -0.4 is 0 Å². The van der Waals surface area contributed by atoms with Crippen LogP contribution in [0.5, 0.6) is 0 Å². The molecule has 0 aliphatic carbocycles. The van der Waals surface area contributed by atoms with E-state index in [4.69, 9.17) is 4.74 Å². The fourth-order valence-corrected chi connectivity index (χ4v) is 2.10. The van der Waals surface area contributed by atoms with Gasteiger partial charge in [0.1, 0.15) is 0 Å². The van der Waals surface area contributed by atoms with Crippen LogP contribution in [-0.4, -0.2) is 57.5 Å². The Morgan fingerprint density at radius 3 is 3.12 bits per heavy atom. The molecule has 1 unspecified atom stereocenters. The minimum absolute atomic E-state index is 0.0847. The molecular formula is C11H17N3O3. The largest absolute Gasteiger partial charge is 0.394 e. The van der Waals surface area contributed by atoms with E-state index in [0.29, 0.717) is 18.7 Å². The van der Waals surface area contributed by atoms with Crippen molar-refractivity contribution < 1.29 is 14.6 Å². The second kappa shape index (κ2) is 4.46. The van der Waals surface area contributed by atoms with E-state index in [1.807, 2.05) is 13.8 Å². The highest BCUT2D eigenvalue weighted by molar-refractivity contribution is 5.93. The van der Waals surface area contributed by atoms with Gasteiger partial charge in [-0.15, -0.1) is 0 Å². The van der Waals surface area contributed by atoms with Gasteiger partial charge in [0, 0.05) is 19.3 Å². The summed E-state index contributed by atoms with van der Waals surface area (Å²) in [6, 6.07) is 0. The smallest absolute Gasteiger partial charge is 0.257 e. The van der Waals surface area contributed by atoms with Crippen molar-refractivity contribution in [3.63, 3.8) is 0 Å². The quantitative estimate of drug-likeness (QED) is 0.762. The van der Waals surface area contributed by atoms with Crippen molar-refractivity contribution in [2.24, 2.45) is 0 Å². The average molecular weight is 239 g/mol. The number of aromatic nitrogens is 2. The van der Waals surface area contributed by atoms with Gasteiger partial charge in [0.15, 0.2) is 0 Å². The molecule has 1 aromatic rings. The van der Waals surface area contributed by atoms with Crippen LogP contribution in [0.4, 0.5) is 0 Å². The number of ether oxygens (including phenoxy) is 1. The van der Waals surface area contributed by atoms with Crippen molar-refractivity contribution in [2.75, 3.05) is 19.7 Å². The zero-order chi connectivity index (χ0) is 12.5. The van der Waals surface area contributed by atoms with Crippen LogP contribution in [0.1, 0.15) is 24.2 Å². The number of aliphatic hydroxyl groups excluding tert-OH is 1. The lowest BCUT2D eigenvalue weighted by atomic mass is 10.0. The Bertz CT molecular complexity index is 389. The Morgan fingerprint density at radius 1 is 1.76 bits per heavy atom. The third kappa shape index (κ3) is 2.65. The predicted octanol–water partition coefficient (Wildman–Crippen LogP) is 0.0216. The summed E-state index contributed by atoms with van der Waals surface area (Å²) < 4.78 is 5.65. The highest BCUT2D eigenvalue weighted by atomic mass is 16.5. The molecule has 6 nitrogen and oxygen atoms in total. The van der Waals surface area contributed by atoms with Crippen molar-refractivity contribution in [1.29, 1.82) is 0 Å². The Hall–Kier alpha value is -1.40. The molecule has 94 valence electrons. The first-order valence-electron chi connectivity index (χ1n) is 5.58. The molecule has 0 bridgehead atoms. The molecule has 0 radical (unpaired) electrons. The first-order valence-corrected chi connectivity index (χ1v) is 5.58. The molecule has 1 amide bonds. The van der Waals surface area contributed by atoms with Crippen molar-refractivity contribution in [3.8, 4) is 0 Å². The third-order valence-electron chi connectivity index (χ3n) is 2.72. The molecule has 0 aromatic carbocycles. The number of nitrogens with zero attached hydrogens (tertiary/aromatic N) is 2. The average Bonchev–Trinajstić information content (AvgIpc) is 2.79. The highest BCUT2D eigenvalue weighted by Gasteiger charge is 2.35. The minimum atomic E-state index is -0.439. The van der Waals surface area contributed by atoms with Gasteiger partial charge in [-0.3, -0.25) is 9.89 Å². The molecule has 1 atom stereocenters. The van der Waals surface area contributed by atoms with Crippen molar-refractivity contribution >= 4 is 5.91 Å². The second-order valence-electron chi connectivity index (χ2n) is 4.85. The zero-order valence-corrected chi connectivity index (χ0v) is 10.0. The SMILES string of the molecule is CC1(C)CN(C(=O)c2cn[nH]c2)CC(CO)O1. The summed E-state index contributed by atoms with van der Waals surface area (Å²) in [5.74, 6) is -0.0893. The Labute approximate surface area is 99.6 Å². The van der Waals surface area contributed by atoms with Gasteiger partial charge in [-0.25, -0.2) is 0 Å². The Balaban J connectivity index is 2.12. The van der Waals surface area contributed by atoms with E-state index in [9.17, 15) is 9.90 Å². The Morgan fingerprint density at radius 2 is 2.53 bits per heavy atom. The maximum Gasteiger partial charge on any atom is 0.257 e. The number of carbonyl (C=O) groups excluding carboxylic acids is 1. The molecule has 6 heteroatoms. The van der Waals surface area contributed by atoms with E-state index < -0.39 is 5.60 Å². The molecule has 17 heavy (non-hydrogen) atoms. The zero-order valence-electron chi connectivity index (χ0n) is 10.0. The van der Waals surface area contributed by atoms with E-state index >= 15 is 0 Å². The van der Waals surface area contributed by atoms with E-state index in [0.717, 1.165) is 0 Å². The number of H-pyrrole nitrogens is 1. The summed E-state index contributed by atoms with van der Waals surface area (Å²) in [7, 11) is 0. The van der Waals surface area contributed by atoms with Crippen LogP contribution >= 0.6 is 0 Å². The summed E-state index contributed by atoms with van der Waals surface area (Å²) in [5.41, 5.74) is 0.0878. The number of morpholine rings is 1. The third-order valence-corrected chi connectivity index (χ3v) is 2.72. The van der Waals surface area contributed by atoms with E-state index in [-0.39, 0.29) is 18.6 Å². The number of hydrogen-bond acceptors (Lipinski definition) is 4. The molecule has 2 heterocycles. The summed E-state index contributed by atoms with van der Waals surface area (Å²) >= 11 is 0. The molecule has 1 fully saturated rings. The second-order valence-corrected chi connectivity index (χ2v) is 4.85. The minimum Gasteiger partial charge on any atom is -0.394 e. The summed E-state index contributed by atoms with van der Waals surface area (Å²) in [4.78, 5) is 13.8. The number of rotatable bonds is 2. The molecule has 1 saturated heterocycles. The van der Waals surface area contributed by atoms with Crippen molar-refractivity contribution in [2.45, 2.75) is 25.6 Å². The fraction of sp³-hybridized carbons (Fsp3) is 0.636. The summed E-state index contributed by atoms with van der Waals surface area (Å²) in [6.45, 7) is 4.64. The number of aliphatic hydroxyl groups is 1. The highest BCUT2D eigenvalue weighted by Crippen LogP contribution is 2.22. The Kier molecular flexibility index (Phi) is 3.17. The summed E-state index contributed by atoms with van der Waals surface area (Å²) in [5, 5.41) is 15.5. The molecule has 0 spiro atoms. The predicted molar refractivity (Wildman–Crippen MR) is 60.5 cm³/mol. The van der Waals surface area contributed by atoms with Gasteiger partial charge >= 0.3 is 0 Å².